The van der Waals surface area contributed by atoms with E-state index in [-0.39, 0.29) is 12.8 Å². The maximum atomic E-state index is 13.3. The Bertz CT molecular complexity index is 1320. The zero-order valence-electron chi connectivity index (χ0n) is 20.4. The van der Waals surface area contributed by atoms with Gasteiger partial charge in [-0.25, -0.2) is 4.79 Å². The molecule has 3 aliphatic heterocycles. The van der Waals surface area contributed by atoms with Crippen LogP contribution in [0, 0.1) is 0 Å². The maximum absolute atomic E-state index is 13.3. The molecule has 0 bridgehead atoms. The Balaban J connectivity index is 1.44. The van der Waals surface area contributed by atoms with Crippen molar-refractivity contribution in [3.63, 3.8) is 0 Å². The van der Waals surface area contributed by atoms with Crippen molar-refractivity contribution in [3.8, 4) is 28.7 Å². The third kappa shape index (κ3) is 3.52. The van der Waals surface area contributed by atoms with Gasteiger partial charge in [0, 0.05) is 17.7 Å². The van der Waals surface area contributed by atoms with Crippen LogP contribution in [0.15, 0.2) is 48.5 Å². The molecule has 186 valence electrons. The Hall–Kier alpha value is -3.91. The van der Waals surface area contributed by atoms with Crippen LogP contribution in [0.2, 0.25) is 0 Å². The van der Waals surface area contributed by atoms with E-state index in [0.29, 0.717) is 40.9 Å². The molecule has 6 rings (SSSR count). The van der Waals surface area contributed by atoms with Gasteiger partial charge in [-0.3, -0.25) is 4.90 Å². The number of esters is 1. The van der Waals surface area contributed by atoms with Crippen molar-refractivity contribution >= 4 is 5.97 Å². The van der Waals surface area contributed by atoms with Crippen molar-refractivity contribution in [1.82, 2.24) is 4.90 Å². The van der Waals surface area contributed by atoms with Crippen LogP contribution < -0.4 is 23.7 Å². The van der Waals surface area contributed by atoms with Crippen molar-refractivity contribution in [2.45, 2.75) is 25.2 Å². The summed E-state index contributed by atoms with van der Waals surface area (Å²) in [5.41, 5.74) is 4.19. The molecule has 0 unspecified atom stereocenters. The molecule has 2 atom stereocenters. The van der Waals surface area contributed by atoms with Crippen LogP contribution in [-0.2, 0) is 17.8 Å². The first-order valence-corrected chi connectivity index (χ1v) is 11.9. The number of ether oxygens (including phenoxy) is 6. The SMILES string of the molecule is COc1ccc2c(c1OCc1ccccc1)C(=O)O[C@H]2[C@H]1c2c(cc3c(c2OC)OCO3)CCN1C. The minimum atomic E-state index is -0.559. The number of hydrogen-bond donors (Lipinski definition) is 0. The Morgan fingerprint density at radius 2 is 1.86 bits per heavy atom. The summed E-state index contributed by atoms with van der Waals surface area (Å²) in [5, 5.41) is 0. The minimum absolute atomic E-state index is 0.151. The predicted molar refractivity (Wildman–Crippen MR) is 130 cm³/mol. The third-order valence-electron chi connectivity index (χ3n) is 7.08. The monoisotopic (exact) mass is 489 g/mol. The van der Waals surface area contributed by atoms with Crippen LogP contribution in [0.4, 0.5) is 0 Å². The summed E-state index contributed by atoms with van der Waals surface area (Å²) in [6, 6.07) is 15.2. The lowest BCUT2D eigenvalue weighted by Gasteiger charge is -2.38. The highest BCUT2D eigenvalue weighted by molar-refractivity contribution is 5.98. The summed E-state index contributed by atoms with van der Waals surface area (Å²) >= 11 is 0. The van der Waals surface area contributed by atoms with Crippen LogP contribution in [0.1, 0.15) is 44.8 Å². The first-order valence-electron chi connectivity index (χ1n) is 11.9. The number of nitrogens with zero attached hydrogens (tertiary/aromatic N) is 1. The summed E-state index contributed by atoms with van der Waals surface area (Å²) in [6.07, 6.45) is 0.257. The number of likely N-dealkylation sites (N-methyl/N-ethyl adjacent to an activating group) is 1. The number of hydrogen-bond acceptors (Lipinski definition) is 8. The standard InChI is InChI=1S/C28H27NO7/c1-29-12-11-17-13-20-26(35-15-34-20)27(32-3)21(17)23(29)24-18-9-10-19(31-2)25(22(18)28(30)36-24)33-14-16-7-5-4-6-8-16/h4-10,13,23-24H,11-12,14-15H2,1-3H3/t23-,24-/m1/s1. The quantitative estimate of drug-likeness (QED) is 0.470. The summed E-state index contributed by atoms with van der Waals surface area (Å²) in [6.45, 7) is 1.24. The van der Waals surface area contributed by atoms with E-state index in [1.807, 2.05) is 55.6 Å². The van der Waals surface area contributed by atoms with Gasteiger partial charge in [0.15, 0.2) is 23.0 Å². The Morgan fingerprint density at radius 3 is 2.64 bits per heavy atom. The lowest BCUT2D eigenvalue weighted by atomic mass is 9.85. The molecule has 0 spiro atoms. The number of carbonyl (C=O) groups excluding carboxylic acids is 1. The highest BCUT2D eigenvalue weighted by Gasteiger charge is 2.46. The number of methoxy groups -OCH3 is 2. The van der Waals surface area contributed by atoms with E-state index in [2.05, 4.69) is 4.90 Å². The molecule has 3 aliphatic rings. The molecule has 0 saturated carbocycles. The molecule has 0 aromatic heterocycles. The number of fused-ring (bicyclic) bond motifs is 3. The maximum Gasteiger partial charge on any atom is 0.343 e. The fraction of sp³-hybridized carbons (Fsp3) is 0.321. The Kier molecular flexibility index (Phi) is 5.60. The summed E-state index contributed by atoms with van der Waals surface area (Å²) in [7, 11) is 5.21. The van der Waals surface area contributed by atoms with Gasteiger partial charge >= 0.3 is 5.97 Å². The minimum Gasteiger partial charge on any atom is -0.493 e. The third-order valence-corrected chi connectivity index (χ3v) is 7.08. The normalized spacial score (nSPS) is 19.9. The molecule has 0 aliphatic carbocycles. The van der Waals surface area contributed by atoms with Crippen LogP contribution in [0.25, 0.3) is 0 Å². The Morgan fingerprint density at radius 1 is 1.03 bits per heavy atom. The van der Waals surface area contributed by atoms with Gasteiger partial charge in [-0.05, 0) is 36.7 Å². The fourth-order valence-corrected chi connectivity index (χ4v) is 5.38. The lowest BCUT2D eigenvalue weighted by Crippen LogP contribution is -2.36. The van der Waals surface area contributed by atoms with Gasteiger partial charge in [-0.15, -0.1) is 0 Å². The van der Waals surface area contributed by atoms with Crippen molar-refractivity contribution in [1.29, 1.82) is 0 Å². The molecule has 8 heteroatoms. The van der Waals surface area contributed by atoms with E-state index in [1.165, 1.54) is 0 Å². The Labute approximate surface area is 209 Å². The van der Waals surface area contributed by atoms with Crippen LogP contribution in [-0.4, -0.2) is 45.5 Å². The highest BCUT2D eigenvalue weighted by atomic mass is 16.7. The molecule has 0 fully saturated rings. The highest BCUT2D eigenvalue weighted by Crippen LogP contribution is 2.55. The van der Waals surface area contributed by atoms with Gasteiger partial charge in [-0.2, -0.15) is 0 Å². The molecule has 0 saturated heterocycles. The van der Waals surface area contributed by atoms with E-state index >= 15 is 0 Å². The molecule has 3 aromatic carbocycles. The number of carbonyl (C=O) groups is 1. The molecular formula is C28H27NO7. The molecular weight excluding hydrogens is 462 g/mol. The average molecular weight is 490 g/mol. The molecule has 3 aromatic rings. The van der Waals surface area contributed by atoms with Crippen LogP contribution in [0.3, 0.4) is 0 Å². The zero-order chi connectivity index (χ0) is 24.8. The van der Waals surface area contributed by atoms with E-state index in [9.17, 15) is 4.79 Å². The van der Waals surface area contributed by atoms with E-state index in [0.717, 1.165) is 35.2 Å². The van der Waals surface area contributed by atoms with Crippen molar-refractivity contribution in [3.05, 3.63) is 76.3 Å². The van der Waals surface area contributed by atoms with Gasteiger partial charge in [0.25, 0.3) is 0 Å². The van der Waals surface area contributed by atoms with Gasteiger partial charge in [0.2, 0.25) is 12.5 Å². The first-order chi connectivity index (χ1) is 17.6. The molecule has 8 nitrogen and oxygen atoms in total. The first kappa shape index (κ1) is 22.5. The smallest absolute Gasteiger partial charge is 0.343 e. The van der Waals surface area contributed by atoms with E-state index in [4.69, 9.17) is 28.4 Å². The zero-order valence-corrected chi connectivity index (χ0v) is 20.4. The topological polar surface area (TPSA) is 75.7 Å². The molecule has 0 amide bonds. The van der Waals surface area contributed by atoms with Crippen molar-refractivity contribution in [2.24, 2.45) is 0 Å². The largest absolute Gasteiger partial charge is 0.493 e. The number of cyclic esters (lactones) is 1. The van der Waals surface area contributed by atoms with Crippen molar-refractivity contribution < 1.29 is 33.2 Å². The van der Waals surface area contributed by atoms with Gasteiger partial charge < -0.3 is 28.4 Å². The summed E-state index contributed by atoms with van der Waals surface area (Å²) in [4.78, 5) is 15.5. The van der Waals surface area contributed by atoms with Crippen LogP contribution >= 0.6 is 0 Å². The fourth-order valence-electron chi connectivity index (χ4n) is 5.38. The van der Waals surface area contributed by atoms with E-state index in [1.54, 1.807) is 14.2 Å². The molecule has 0 N–H and O–H groups in total. The number of rotatable bonds is 6. The van der Waals surface area contributed by atoms with E-state index < -0.39 is 12.1 Å². The second-order valence-electron chi connectivity index (χ2n) is 9.05. The summed E-state index contributed by atoms with van der Waals surface area (Å²) < 4.78 is 35.0. The summed E-state index contributed by atoms with van der Waals surface area (Å²) in [5.74, 6) is 2.33. The molecule has 3 heterocycles. The number of benzene rings is 3. The average Bonchev–Trinajstić information content (AvgIpc) is 3.50. The van der Waals surface area contributed by atoms with Crippen LogP contribution in [0.5, 0.6) is 28.7 Å². The van der Waals surface area contributed by atoms with Gasteiger partial charge in [0.05, 0.1) is 20.3 Å². The van der Waals surface area contributed by atoms with Gasteiger partial charge in [0.1, 0.15) is 18.3 Å². The molecule has 36 heavy (non-hydrogen) atoms. The lowest BCUT2D eigenvalue weighted by molar-refractivity contribution is 0.00871. The van der Waals surface area contributed by atoms with Crippen molar-refractivity contribution in [2.75, 3.05) is 34.6 Å². The second kappa shape index (κ2) is 8.95. The second-order valence-corrected chi connectivity index (χ2v) is 9.05. The molecule has 0 radical (unpaired) electrons. The van der Waals surface area contributed by atoms with Gasteiger partial charge in [-0.1, -0.05) is 36.4 Å². The predicted octanol–water partition coefficient (Wildman–Crippen LogP) is 4.45.